The molecule has 4 rings (SSSR count). The minimum Gasteiger partial charge on any atom is -0.497 e. The monoisotopic (exact) mass is 412 g/mol. The molecule has 1 atom stereocenters. The van der Waals surface area contributed by atoms with Crippen LogP contribution in [0.5, 0.6) is 17.2 Å². The number of carbonyl (C=O) groups is 2. The number of fused-ring (bicyclic) bond motifs is 2. The highest BCUT2D eigenvalue weighted by molar-refractivity contribution is 6.35. The molecular weight excluding hydrogens is 388 g/mol. The van der Waals surface area contributed by atoms with Crippen molar-refractivity contribution in [3.8, 4) is 17.2 Å². The van der Waals surface area contributed by atoms with Crippen LogP contribution in [-0.4, -0.2) is 37.4 Å². The predicted octanol–water partition coefficient (Wildman–Crippen LogP) is 1.38. The summed E-state index contributed by atoms with van der Waals surface area (Å²) < 4.78 is 15.8. The van der Waals surface area contributed by atoms with Crippen molar-refractivity contribution >= 4 is 11.8 Å². The molecule has 3 N–H and O–H groups in total. The standard InChI is InChI=1S/C22H24N2O6/c1-28-16-5-6-17-15(10-16)3-2-8-22(17,27)12-24-21(26)20(25)23-11-14-4-7-18-19(9-14)30-13-29-18/h4-7,9-10,27H,2-3,8,11-13H2,1H3,(H,23,25)(H,24,26)/t22-/m1/s1. The third-order valence-electron chi connectivity index (χ3n) is 5.49. The summed E-state index contributed by atoms with van der Waals surface area (Å²) in [4.78, 5) is 24.4. The number of ether oxygens (including phenoxy) is 3. The Bertz CT molecular complexity index is 976. The van der Waals surface area contributed by atoms with Crippen molar-refractivity contribution in [2.24, 2.45) is 0 Å². The Hall–Kier alpha value is -3.26. The molecule has 8 heteroatoms. The van der Waals surface area contributed by atoms with Crippen LogP contribution in [0.1, 0.15) is 29.5 Å². The molecule has 0 radical (unpaired) electrons. The van der Waals surface area contributed by atoms with Gasteiger partial charge in [0.1, 0.15) is 11.4 Å². The van der Waals surface area contributed by atoms with Gasteiger partial charge in [-0.05, 0) is 60.2 Å². The minimum absolute atomic E-state index is 0.0391. The molecule has 158 valence electrons. The van der Waals surface area contributed by atoms with Crippen molar-refractivity contribution in [3.05, 3.63) is 53.1 Å². The topological polar surface area (TPSA) is 106 Å². The second-order valence-electron chi connectivity index (χ2n) is 7.46. The molecule has 0 bridgehead atoms. The molecular formula is C22H24N2O6. The Kier molecular flexibility index (Phi) is 5.50. The van der Waals surface area contributed by atoms with Crippen molar-refractivity contribution < 1.29 is 28.9 Å². The third kappa shape index (κ3) is 4.04. The average molecular weight is 412 g/mol. The highest BCUT2D eigenvalue weighted by Gasteiger charge is 2.35. The Morgan fingerprint density at radius 3 is 2.73 bits per heavy atom. The summed E-state index contributed by atoms with van der Waals surface area (Å²) >= 11 is 0. The van der Waals surface area contributed by atoms with E-state index in [2.05, 4.69) is 10.6 Å². The number of aryl methyl sites for hydroxylation is 1. The minimum atomic E-state index is -1.22. The molecule has 0 aromatic heterocycles. The van der Waals surface area contributed by atoms with Gasteiger partial charge in [0.15, 0.2) is 11.5 Å². The van der Waals surface area contributed by atoms with Gasteiger partial charge in [0.05, 0.1) is 13.7 Å². The zero-order valence-electron chi connectivity index (χ0n) is 16.7. The van der Waals surface area contributed by atoms with E-state index in [1.807, 2.05) is 12.1 Å². The van der Waals surface area contributed by atoms with Gasteiger partial charge in [-0.1, -0.05) is 12.1 Å². The van der Waals surface area contributed by atoms with Crippen LogP contribution in [0.2, 0.25) is 0 Å². The molecule has 1 aliphatic carbocycles. The van der Waals surface area contributed by atoms with Crippen LogP contribution in [0.4, 0.5) is 0 Å². The maximum atomic E-state index is 12.2. The largest absolute Gasteiger partial charge is 0.497 e. The Morgan fingerprint density at radius 2 is 1.90 bits per heavy atom. The molecule has 2 aromatic carbocycles. The van der Waals surface area contributed by atoms with Gasteiger partial charge < -0.3 is 30.0 Å². The highest BCUT2D eigenvalue weighted by atomic mass is 16.7. The van der Waals surface area contributed by atoms with Crippen LogP contribution in [0, 0.1) is 0 Å². The summed E-state index contributed by atoms with van der Waals surface area (Å²) in [5.41, 5.74) is 1.32. The van der Waals surface area contributed by atoms with Gasteiger partial charge in [0.25, 0.3) is 0 Å². The fourth-order valence-corrected chi connectivity index (χ4v) is 3.87. The van der Waals surface area contributed by atoms with Crippen LogP contribution >= 0.6 is 0 Å². The first-order chi connectivity index (χ1) is 14.5. The summed E-state index contributed by atoms with van der Waals surface area (Å²) in [6, 6.07) is 10.8. The zero-order valence-corrected chi connectivity index (χ0v) is 16.7. The Balaban J connectivity index is 1.33. The SMILES string of the molecule is COc1ccc2c(c1)CCC[C@@]2(O)CNC(=O)C(=O)NCc1ccc2c(c1)OCO2. The first kappa shape index (κ1) is 20.0. The number of hydrogen-bond acceptors (Lipinski definition) is 6. The van der Waals surface area contributed by atoms with Gasteiger partial charge in [0.2, 0.25) is 6.79 Å². The third-order valence-corrected chi connectivity index (χ3v) is 5.49. The molecule has 8 nitrogen and oxygen atoms in total. The van der Waals surface area contributed by atoms with E-state index in [0.29, 0.717) is 17.9 Å². The van der Waals surface area contributed by atoms with E-state index in [1.54, 1.807) is 31.4 Å². The molecule has 0 saturated carbocycles. The molecule has 30 heavy (non-hydrogen) atoms. The molecule has 2 aliphatic rings. The van der Waals surface area contributed by atoms with Crippen molar-refractivity contribution in [2.45, 2.75) is 31.4 Å². The van der Waals surface area contributed by atoms with Crippen LogP contribution in [0.3, 0.4) is 0 Å². The van der Waals surface area contributed by atoms with Gasteiger partial charge in [-0.25, -0.2) is 0 Å². The van der Waals surface area contributed by atoms with Crippen LogP contribution < -0.4 is 24.8 Å². The summed E-state index contributed by atoms with van der Waals surface area (Å²) in [5, 5.41) is 16.2. The number of methoxy groups -OCH3 is 1. The zero-order chi connectivity index (χ0) is 21.1. The molecule has 0 unspecified atom stereocenters. The van der Waals surface area contributed by atoms with Crippen molar-refractivity contribution in [1.29, 1.82) is 0 Å². The van der Waals surface area contributed by atoms with E-state index >= 15 is 0 Å². The predicted molar refractivity (Wildman–Crippen MR) is 107 cm³/mol. The number of hydrogen-bond donors (Lipinski definition) is 3. The number of benzene rings is 2. The summed E-state index contributed by atoms with van der Waals surface area (Å²) in [7, 11) is 1.60. The molecule has 2 amide bonds. The quantitative estimate of drug-likeness (QED) is 0.641. The molecule has 2 aromatic rings. The van der Waals surface area contributed by atoms with E-state index in [1.165, 1.54) is 0 Å². The lowest BCUT2D eigenvalue weighted by Gasteiger charge is -2.34. The number of nitrogens with one attached hydrogen (secondary N) is 2. The highest BCUT2D eigenvalue weighted by Crippen LogP contribution is 2.36. The fourth-order valence-electron chi connectivity index (χ4n) is 3.87. The van der Waals surface area contributed by atoms with Crippen molar-refractivity contribution in [2.75, 3.05) is 20.4 Å². The van der Waals surface area contributed by atoms with Gasteiger partial charge in [-0.3, -0.25) is 9.59 Å². The van der Waals surface area contributed by atoms with E-state index < -0.39 is 17.4 Å². The van der Waals surface area contributed by atoms with Gasteiger partial charge >= 0.3 is 11.8 Å². The van der Waals surface area contributed by atoms with Gasteiger partial charge in [0, 0.05) is 6.54 Å². The number of carbonyl (C=O) groups excluding carboxylic acids is 2. The van der Waals surface area contributed by atoms with E-state index in [0.717, 1.165) is 35.3 Å². The number of rotatable bonds is 5. The van der Waals surface area contributed by atoms with E-state index in [-0.39, 0.29) is 19.9 Å². The van der Waals surface area contributed by atoms with Gasteiger partial charge in [-0.2, -0.15) is 0 Å². The van der Waals surface area contributed by atoms with Crippen LogP contribution in [-0.2, 0) is 28.2 Å². The van der Waals surface area contributed by atoms with Gasteiger partial charge in [-0.15, -0.1) is 0 Å². The maximum Gasteiger partial charge on any atom is 0.309 e. The lowest BCUT2D eigenvalue weighted by atomic mass is 9.79. The molecule has 0 spiro atoms. The Labute approximate surface area is 174 Å². The number of aliphatic hydroxyl groups is 1. The first-order valence-corrected chi connectivity index (χ1v) is 9.83. The average Bonchev–Trinajstić information content (AvgIpc) is 3.23. The van der Waals surface area contributed by atoms with E-state index in [4.69, 9.17) is 14.2 Å². The second kappa shape index (κ2) is 8.23. The van der Waals surface area contributed by atoms with Crippen LogP contribution in [0.15, 0.2) is 36.4 Å². The summed E-state index contributed by atoms with van der Waals surface area (Å²) in [6.07, 6.45) is 2.12. The smallest absolute Gasteiger partial charge is 0.309 e. The Morgan fingerprint density at radius 1 is 1.10 bits per heavy atom. The molecule has 1 heterocycles. The summed E-state index contributed by atoms with van der Waals surface area (Å²) in [5.74, 6) is 0.444. The van der Waals surface area contributed by atoms with E-state index in [9.17, 15) is 14.7 Å². The second-order valence-corrected chi connectivity index (χ2v) is 7.46. The normalized spacial score (nSPS) is 19.0. The van der Waals surface area contributed by atoms with Crippen molar-refractivity contribution in [3.63, 3.8) is 0 Å². The maximum absolute atomic E-state index is 12.2. The fraction of sp³-hybridized carbons (Fsp3) is 0.364. The summed E-state index contributed by atoms with van der Waals surface area (Å²) in [6.45, 7) is 0.310. The molecule has 0 fully saturated rings. The first-order valence-electron chi connectivity index (χ1n) is 9.83. The molecule has 1 aliphatic heterocycles. The molecule has 0 saturated heterocycles. The number of amides is 2. The van der Waals surface area contributed by atoms with Crippen LogP contribution in [0.25, 0.3) is 0 Å². The van der Waals surface area contributed by atoms with Crippen molar-refractivity contribution in [1.82, 2.24) is 10.6 Å². The lowest BCUT2D eigenvalue weighted by molar-refractivity contribution is -0.140. The lowest BCUT2D eigenvalue weighted by Crippen LogP contribution is -2.47.